The summed E-state index contributed by atoms with van der Waals surface area (Å²) in [5.41, 5.74) is 3.31. The molecule has 1 aromatic carbocycles. The third-order valence-corrected chi connectivity index (χ3v) is 3.88. The Hall–Kier alpha value is -1.87. The van der Waals surface area contributed by atoms with E-state index in [0.29, 0.717) is 0 Å². The van der Waals surface area contributed by atoms with Crippen LogP contribution < -0.4 is 0 Å². The number of aromatic nitrogens is 1. The minimum atomic E-state index is 0.734. The van der Waals surface area contributed by atoms with Gasteiger partial charge in [-0.25, -0.2) is 0 Å². The molecule has 0 radical (unpaired) electrons. The molecule has 0 spiro atoms. The molecule has 0 saturated heterocycles. The van der Waals surface area contributed by atoms with Gasteiger partial charge in [-0.2, -0.15) is 11.3 Å². The highest BCUT2D eigenvalue weighted by molar-refractivity contribution is 7.07. The number of rotatable bonds is 4. The lowest BCUT2D eigenvalue weighted by atomic mass is 10.2. The fourth-order valence-corrected chi connectivity index (χ4v) is 2.87. The number of aryl methyl sites for hydroxylation is 2. The van der Waals surface area contributed by atoms with Crippen molar-refractivity contribution in [2.75, 3.05) is 0 Å². The van der Waals surface area contributed by atoms with Gasteiger partial charge in [0.1, 0.15) is 6.29 Å². The molecule has 0 bridgehead atoms. The largest absolute Gasteiger partial charge is 0.347 e. The standard InChI is InChI=1S/C15H13NOS/c17-10-13-1-2-15-14(9-13)4-7-16(15)6-3-12-5-8-18-11-12/h1-2,4-5,7-11H,3,6H2. The van der Waals surface area contributed by atoms with E-state index in [1.807, 2.05) is 18.2 Å². The van der Waals surface area contributed by atoms with E-state index in [2.05, 4.69) is 33.7 Å². The Labute approximate surface area is 109 Å². The minimum Gasteiger partial charge on any atom is -0.347 e. The molecule has 0 unspecified atom stereocenters. The summed E-state index contributed by atoms with van der Waals surface area (Å²) in [6.07, 6.45) is 4.02. The quantitative estimate of drug-likeness (QED) is 0.651. The Morgan fingerprint density at radius 2 is 2.17 bits per heavy atom. The van der Waals surface area contributed by atoms with Crippen LogP contribution >= 0.6 is 11.3 Å². The van der Waals surface area contributed by atoms with Crippen molar-refractivity contribution in [3.8, 4) is 0 Å². The van der Waals surface area contributed by atoms with Crippen molar-refractivity contribution in [2.24, 2.45) is 0 Å². The van der Waals surface area contributed by atoms with E-state index in [1.54, 1.807) is 11.3 Å². The Morgan fingerprint density at radius 1 is 1.22 bits per heavy atom. The van der Waals surface area contributed by atoms with Crippen LogP contribution in [0.4, 0.5) is 0 Å². The van der Waals surface area contributed by atoms with Crippen LogP contribution in [0.25, 0.3) is 10.9 Å². The van der Waals surface area contributed by atoms with Crippen molar-refractivity contribution in [2.45, 2.75) is 13.0 Å². The van der Waals surface area contributed by atoms with Gasteiger partial charge in [0.25, 0.3) is 0 Å². The first-order valence-corrected chi connectivity index (χ1v) is 6.86. The highest BCUT2D eigenvalue weighted by Gasteiger charge is 2.02. The molecule has 2 heterocycles. The number of carbonyl (C=O) groups is 1. The number of thiophene rings is 1. The van der Waals surface area contributed by atoms with Gasteiger partial charge < -0.3 is 4.57 Å². The van der Waals surface area contributed by atoms with Crippen LogP contribution in [-0.4, -0.2) is 10.9 Å². The second-order valence-electron chi connectivity index (χ2n) is 4.33. The van der Waals surface area contributed by atoms with Gasteiger partial charge in [0, 0.05) is 29.2 Å². The molecular weight excluding hydrogens is 242 g/mol. The van der Waals surface area contributed by atoms with Gasteiger partial charge in [-0.1, -0.05) is 0 Å². The molecular formula is C15H13NOS. The van der Waals surface area contributed by atoms with E-state index in [0.717, 1.165) is 30.2 Å². The highest BCUT2D eigenvalue weighted by Crippen LogP contribution is 2.18. The maximum Gasteiger partial charge on any atom is 0.150 e. The summed E-state index contributed by atoms with van der Waals surface area (Å²) in [7, 11) is 0. The number of hydrogen-bond donors (Lipinski definition) is 0. The normalized spacial score (nSPS) is 10.9. The molecule has 0 N–H and O–H groups in total. The summed E-state index contributed by atoms with van der Waals surface area (Å²) < 4.78 is 2.24. The van der Waals surface area contributed by atoms with Gasteiger partial charge in [0.2, 0.25) is 0 Å². The van der Waals surface area contributed by atoms with Crippen molar-refractivity contribution in [3.63, 3.8) is 0 Å². The zero-order valence-corrected chi connectivity index (χ0v) is 10.7. The third kappa shape index (κ3) is 2.09. The topological polar surface area (TPSA) is 22.0 Å². The average molecular weight is 255 g/mol. The number of aldehydes is 1. The van der Waals surface area contributed by atoms with Crippen LogP contribution in [0, 0.1) is 0 Å². The maximum atomic E-state index is 10.7. The average Bonchev–Trinajstić information content (AvgIpc) is 3.05. The molecule has 2 aromatic heterocycles. The lowest BCUT2D eigenvalue weighted by Crippen LogP contribution is -1.98. The third-order valence-electron chi connectivity index (χ3n) is 3.15. The molecule has 3 rings (SSSR count). The van der Waals surface area contributed by atoms with E-state index >= 15 is 0 Å². The predicted molar refractivity (Wildman–Crippen MR) is 75.3 cm³/mol. The summed E-state index contributed by atoms with van der Waals surface area (Å²) in [6, 6.07) is 10.1. The van der Waals surface area contributed by atoms with E-state index in [-0.39, 0.29) is 0 Å². The lowest BCUT2D eigenvalue weighted by molar-refractivity contribution is 0.112. The molecule has 0 aliphatic rings. The molecule has 90 valence electrons. The summed E-state index contributed by atoms with van der Waals surface area (Å²) in [5, 5.41) is 5.43. The molecule has 18 heavy (non-hydrogen) atoms. The summed E-state index contributed by atoms with van der Waals surface area (Å²) in [4.78, 5) is 10.7. The molecule has 3 aromatic rings. The zero-order valence-electron chi connectivity index (χ0n) is 9.87. The van der Waals surface area contributed by atoms with Gasteiger partial charge in [0.05, 0.1) is 0 Å². The molecule has 0 atom stereocenters. The number of nitrogens with zero attached hydrogens (tertiary/aromatic N) is 1. The molecule has 0 fully saturated rings. The Morgan fingerprint density at radius 3 is 2.94 bits per heavy atom. The predicted octanol–water partition coefficient (Wildman–Crippen LogP) is 3.76. The summed E-state index contributed by atoms with van der Waals surface area (Å²) in [5.74, 6) is 0. The van der Waals surface area contributed by atoms with Crippen molar-refractivity contribution in [1.29, 1.82) is 0 Å². The Balaban J connectivity index is 1.86. The molecule has 2 nitrogen and oxygen atoms in total. The van der Waals surface area contributed by atoms with Crippen molar-refractivity contribution >= 4 is 28.5 Å². The Bertz CT molecular complexity index is 667. The first kappa shape index (κ1) is 11.2. The lowest BCUT2D eigenvalue weighted by Gasteiger charge is -2.04. The van der Waals surface area contributed by atoms with E-state index < -0.39 is 0 Å². The molecule has 0 saturated carbocycles. The van der Waals surface area contributed by atoms with E-state index in [1.165, 1.54) is 11.1 Å². The fourth-order valence-electron chi connectivity index (χ4n) is 2.17. The van der Waals surface area contributed by atoms with Gasteiger partial charge in [-0.15, -0.1) is 0 Å². The number of hydrogen-bond acceptors (Lipinski definition) is 2. The smallest absolute Gasteiger partial charge is 0.150 e. The van der Waals surface area contributed by atoms with Crippen LogP contribution in [0.15, 0.2) is 47.3 Å². The van der Waals surface area contributed by atoms with Gasteiger partial charge in [0.15, 0.2) is 0 Å². The molecule has 0 aliphatic heterocycles. The summed E-state index contributed by atoms with van der Waals surface area (Å²) in [6.45, 7) is 0.973. The summed E-state index contributed by atoms with van der Waals surface area (Å²) >= 11 is 1.74. The van der Waals surface area contributed by atoms with E-state index in [4.69, 9.17) is 0 Å². The molecule has 3 heteroatoms. The zero-order chi connectivity index (χ0) is 12.4. The second-order valence-corrected chi connectivity index (χ2v) is 5.11. The van der Waals surface area contributed by atoms with Crippen molar-refractivity contribution < 1.29 is 4.79 Å². The minimum absolute atomic E-state index is 0.734. The number of benzene rings is 1. The molecule has 0 amide bonds. The van der Waals surface area contributed by atoms with Crippen molar-refractivity contribution in [3.05, 3.63) is 58.4 Å². The first-order chi connectivity index (χ1) is 8.86. The maximum absolute atomic E-state index is 10.7. The van der Waals surface area contributed by atoms with Crippen LogP contribution in [0.5, 0.6) is 0 Å². The highest BCUT2D eigenvalue weighted by atomic mass is 32.1. The monoisotopic (exact) mass is 255 g/mol. The molecule has 0 aliphatic carbocycles. The Kier molecular flexibility index (Phi) is 2.99. The van der Waals surface area contributed by atoms with Gasteiger partial charge >= 0.3 is 0 Å². The van der Waals surface area contributed by atoms with Crippen molar-refractivity contribution in [1.82, 2.24) is 4.57 Å². The van der Waals surface area contributed by atoms with Gasteiger partial charge in [-0.3, -0.25) is 4.79 Å². The van der Waals surface area contributed by atoms with Crippen LogP contribution in [0.2, 0.25) is 0 Å². The van der Waals surface area contributed by atoms with Crippen LogP contribution in [0.3, 0.4) is 0 Å². The van der Waals surface area contributed by atoms with E-state index in [9.17, 15) is 4.79 Å². The first-order valence-electron chi connectivity index (χ1n) is 5.92. The second kappa shape index (κ2) is 4.78. The number of carbonyl (C=O) groups excluding carboxylic acids is 1. The number of fused-ring (bicyclic) bond motifs is 1. The van der Waals surface area contributed by atoms with Crippen LogP contribution in [0.1, 0.15) is 15.9 Å². The van der Waals surface area contributed by atoms with Crippen LogP contribution in [-0.2, 0) is 13.0 Å². The van der Waals surface area contributed by atoms with Gasteiger partial charge in [-0.05, 0) is 53.1 Å². The SMILES string of the molecule is O=Cc1ccc2c(ccn2CCc2ccsc2)c1. The fraction of sp³-hybridized carbons (Fsp3) is 0.133.